The molecule has 1 aliphatic rings. The van der Waals surface area contributed by atoms with Gasteiger partial charge in [0.25, 0.3) is 0 Å². The summed E-state index contributed by atoms with van der Waals surface area (Å²) in [6, 6.07) is 0. The van der Waals surface area contributed by atoms with Crippen molar-refractivity contribution in [2.75, 3.05) is 13.1 Å². The first kappa shape index (κ1) is 15.0. The minimum atomic E-state index is 0.793. The highest BCUT2D eigenvalue weighted by Gasteiger charge is 2.15. The second-order valence-corrected chi connectivity index (χ2v) is 6.12. The molecule has 1 aliphatic carbocycles. The lowest BCUT2D eigenvalue weighted by Crippen LogP contribution is -2.31. The number of imidazole rings is 2. The highest BCUT2D eigenvalue weighted by Crippen LogP contribution is 2.20. The van der Waals surface area contributed by atoms with Crippen LogP contribution in [0.5, 0.6) is 0 Å². The molecule has 0 aliphatic heterocycles. The zero-order valence-electron chi connectivity index (χ0n) is 13.1. The number of aromatic amines is 1. The van der Waals surface area contributed by atoms with Crippen LogP contribution in [0.25, 0.3) is 0 Å². The van der Waals surface area contributed by atoms with Gasteiger partial charge in [-0.3, -0.25) is 4.90 Å². The van der Waals surface area contributed by atoms with Crippen molar-refractivity contribution in [3.63, 3.8) is 0 Å². The van der Waals surface area contributed by atoms with Crippen LogP contribution in [-0.4, -0.2) is 37.5 Å². The Hall–Kier alpha value is -1.88. The van der Waals surface area contributed by atoms with E-state index in [2.05, 4.69) is 36.6 Å². The van der Waals surface area contributed by atoms with Gasteiger partial charge in [-0.15, -0.1) is 0 Å². The summed E-state index contributed by atoms with van der Waals surface area (Å²) in [6.45, 7) is 4.28. The van der Waals surface area contributed by atoms with Gasteiger partial charge in [0.15, 0.2) is 0 Å². The molecule has 2 heterocycles. The lowest BCUT2D eigenvalue weighted by molar-refractivity contribution is 0.207. The first-order valence-electron chi connectivity index (χ1n) is 8.20. The molecule has 5 nitrogen and oxygen atoms in total. The van der Waals surface area contributed by atoms with E-state index in [1.54, 1.807) is 6.33 Å². The fourth-order valence-corrected chi connectivity index (χ4v) is 3.13. The van der Waals surface area contributed by atoms with Crippen molar-refractivity contribution in [1.82, 2.24) is 24.4 Å². The summed E-state index contributed by atoms with van der Waals surface area (Å²) in [5, 5.41) is 0. The Bertz CT molecular complexity index is 544. The fourth-order valence-electron chi connectivity index (χ4n) is 3.13. The molecule has 0 spiro atoms. The van der Waals surface area contributed by atoms with Crippen LogP contribution in [0.1, 0.15) is 31.4 Å². The smallest absolute Gasteiger partial charge is 0.0945 e. The first-order valence-corrected chi connectivity index (χ1v) is 8.20. The van der Waals surface area contributed by atoms with Crippen LogP contribution in [0.15, 0.2) is 43.4 Å². The molecule has 5 heteroatoms. The van der Waals surface area contributed by atoms with Gasteiger partial charge in [0.1, 0.15) is 0 Å². The van der Waals surface area contributed by atoms with Crippen molar-refractivity contribution in [1.29, 1.82) is 0 Å². The van der Waals surface area contributed by atoms with Gasteiger partial charge in [-0.05, 0) is 31.6 Å². The molecule has 0 saturated carbocycles. The van der Waals surface area contributed by atoms with Crippen LogP contribution < -0.4 is 0 Å². The number of allylic oxidation sites excluding steroid dienone is 2. The van der Waals surface area contributed by atoms with Gasteiger partial charge in [0, 0.05) is 50.5 Å². The zero-order chi connectivity index (χ0) is 15.0. The molecule has 1 N–H and O–H groups in total. The average molecular weight is 299 g/mol. The van der Waals surface area contributed by atoms with E-state index in [0.29, 0.717) is 0 Å². The molecule has 1 atom stereocenters. The number of aromatic nitrogens is 4. The fraction of sp³-hybridized carbons (Fsp3) is 0.529. The third-order valence-corrected chi connectivity index (χ3v) is 4.29. The van der Waals surface area contributed by atoms with Crippen molar-refractivity contribution in [2.24, 2.45) is 5.92 Å². The second kappa shape index (κ2) is 7.94. The number of nitrogens with one attached hydrogen (secondary N) is 1. The monoisotopic (exact) mass is 299 g/mol. The Morgan fingerprint density at radius 1 is 1.32 bits per heavy atom. The zero-order valence-corrected chi connectivity index (χ0v) is 13.1. The molecular weight excluding hydrogens is 274 g/mol. The molecule has 0 unspecified atom stereocenters. The predicted molar refractivity (Wildman–Crippen MR) is 87.2 cm³/mol. The molecule has 0 fully saturated rings. The van der Waals surface area contributed by atoms with Crippen LogP contribution >= 0.6 is 0 Å². The van der Waals surface area contributed by atoms with Crippen LogP contribution in [0.2, 0.25) is 0 Å². The molecule has 0 amide bonds. The minimum absolute atomic E-state index is 0.793. The first-order chi connectivity index (χ1) is 10.9. The van der Waals surface area contributed by atoms with E-state index in [4.69, 9.17) is 0 Å². The number of nitrogens with zero attached hydrogens (tertiary/aromatic N) is 4. The lowest BCUT2D eigenvalue weighted by atomic mass is 9.94. The molecular formula is C17H25N5. The topological polar surface area (TPSA) is 49.7 Å². The average Bonchev–Trinajstić information content (AvgIpc) is 3.22. The van der Waals surface area contributed by atoms with Crippen molar-refractivity contribution >= 4 is 0 Å². The van der Waals surface area contributed by atoms with Gasteiger partial charge in [-0.2, -0.15) is 0 Å². The van der Waals surface area contributed by atoms with Crippen molar-refractivity contribution in [2.45, 2.75) is 38.8 Å². The number of H-pyrrole nitrogens is 1. The lowest BCUT2D eigenvalue weighted by Gasteiger charge is -2.28. The Kier molecular flexibility index (Phi) is 5.42. The van der Waals surface area contributed by atoms with E-state index in [0.717, 1.165) is 32.0 Å². The van der Waals surface area contributed by atoms with Gasteiger partial charge in [-0.25, -0.2) is 9.97 Å². The Morgan fingerprint density at radius 2 is 2.32 bits per heavy atom. The van der Waals surface area contributed by atoms with Crippen molar-refractivity contribution in [3.05, 3.63) is 49.1 Å². The number of aryl methyl sites for hydroxylation is 1. The number of hydrogen-bond acceptors (Lipinski definition) is 3. The molecule has 22 heavy (non-hydrogen) atoms. The second-order valence-electron chi connectivity index (χ2n) is 6.12. The standard InChI is InChI=1S/C17H25N5/c1-2-5-16(6-3-1)12-22(13-17-11-19-14-20-17)9-4-8-21-10-7-18-15-21/h1-2,7,10-11,14-16H,3-6,8-9,12-13H2,(H,19,20)/t16-/m1/s1. The van der Waals surface area contributed by atoms with Crippen LogP contribution in [0.4, 0.5) is 0 Å². The van der Waals surface area contributed by atoms with Crippen molar-refractivity contribution < 1.29 is 0 Å². The predicted octanol–water partition coefficient (Wildman–Crippen LogP) is 2.85. The molecule has 2 aromatic heterocycles. The van der Waals surface area contributed by atoms with Gasteiger partial charge in [-0.1, -0.05) is 12.2 Å². The Labute approximate surface area is 132 Å². The summed E-state index contributed by atoms with van der Waals surface area (Å²) in [4.78, 5) is 14.0. The maximum atomic E-state index is 4.14. The summed E-state index contributed by atoms with van der Waals surface area (Å²) in [7, 11) is 0. The van der Waals surface area contributed by atoms with E-state index in [-0.39, 0.29) is 0 Å². The van der Waals surface area contributed by atoms with E-state index >= 15 is 0 Å². The molecule has 0 aromatic carbocycles. The quantitative estimate of drug-likeness (QED) is 0.763. The highest BCUT2D eigenvalue weighted by atomic mass is 15.1. The number of hydrogen-bond donors (Lipinski definition) is 1. The van der Waals surface area contributed by atoms with Gasteiger partial charge in [0.05, 0.1) is 12.7 Å². The molecule has 0 radical (unpaired) electrons. The van der Waals surface area contributed by atoms with Gasteiger partial charge in [0.2, 0.25) is 0 Å². The summed E-state index contributed by atoms with van der Waals surface area (Å²) in [5.74, 6) is 0.793. The van der Waals surface area contributed by atoms with Crippen LogP contribution in [0.3, 0.4) is 0 Å². The molecule has 2 aromatic rings. The largest absolute Gasteiger partial charge is 0.347 e. The summed E-state index contributed by atoms with van der Waals surface area (Å²) >= 11 is 0. The maximum absolute atomic E-state index is 4.14. The Morgan fingerprint density at radius 3 is 3.05 bits per heavy atom. The Balaban J connectivity index is 1.51. The minimum Gasteiger partial charge on any atom is -0.347 e. The third-order valence-electron chi connectivity index (χ3n) is 4.29. The van der Waals surface area contributed by atoms with E-state index in [9.17, 15) is 0 Å². The summed E-state index contributed by atoms with van der Waals surface area (Å²) in [5.41, 5.74) is 1.20. The molecule has 0 bridgehead atoms. The van der Waals surface area contributed by atoms with Crippen molar-refractivity contribution in [3.8, 4) is 0 Å². The normalized spacial score (nSPS) is 18.1. The summed E-state index contributed by atoms with van der Waals surface area (Å²) in [6.07, 6.45) is 19.0. The van der Waals surface area contributed by atoms with E-state index in [1.165, 1.54) is 31.5 Å². The molecule has 3 rings (SSSR count). The van der Waals surface area contributed by atoms with E-state index in [1.807, 2.05) is 24.9 Å². The van der Waals surface area contributed by atoms with E-state index < -0.39 is 0 Å². The van der Waals surface area contributed by atoms with Crippen LogP contribution in [-0.2, 0) is 13.1 Å². The molecule has 0 saturated heterocycles. The SMILES string of the molecule is C1=CC[C@@H](CN(CCCn2ccnc2)Cc2cnc[nH]2)CC1. The highest BCUT2D eigenvalue weighted by molar-refractivity contribution is 4.95. The van der Waals surface area contributed by atoms with Crippen LogP contribution in [0, 0.1) is 5.92 Å². The van der Waals surface area contributed by atoms with Gasteiger partial charge >= 0.3 is 0 Å². The third kappa shape index (κ3) is 4.56. The molecule has 118 valence electrons. The number of rotatable bonds is 8. The maximum Gasteiger partial charge on any atom is 0.0945 e. The summed E-state index contributed by atoms with van der Waals surface area (Å²) < 4.78 is 2.15. The van der Waals surface area contributed by atoms with Gasteiger partial charge < -0.3 is 9.55 Å².